The van der Waals surface area contributed by atoms with E-state index in [-0.39, 0.29) is 0 Å². The summed E-state index contributed by atoms with van der Waals surface area (Å²) >= 11 is 0. The van der Waals surface area contributed by atoms with Gasteiger partial charge in [-0.05, 0) is 32.3 Å². The van der Waals surface area contributed by atoms with Gasteiger partial charge in [-0.15, -0.1) is 0 Å². The topological polar surface area (TPSA) is 9.23 Å². The van der Waals surface area contributed by atoms with Gasteiger partial charge in [0, 0.05) is 0 Å². The quantitative estimate of drug-likeness (QED) is 0.508. The van der Waals surface area contributed by atoms with Crippen LogP contribution in [0.2, 0.25) is 0 Å². The highest BCUT2D eigenvalue weighted by Crippen LogP contribution is 2.22. The maximum Gasteiger partial charge on any atom is 0.0756 e. The van der Waals surface area contributed by atoms with Gasteiger partial charge < -0.3 is 4.74 Å². The third-order valence-electron chi connectivity index (χ3n) is 2.37. The summed E-state index contributed by atoms with van der Waals surface area (Å²) < 4.78 is 5.46. The lowest BCUT2D eigenvalue weighted by atomic mass is 9.98. The van der Waals surface area contributed by atoms with Gasteiger partial charge in [-0.2, -0.15) is 0 Å². The highest BCUT2D eigenvalue weighted by atomic mass is 16.5. The first-order chi connectivity index (χ1) is 4.75. The average Bonchev–Trinajstić information content (AvgIpc) is 1.95. The van der Waals surface area contributed by atoms with Crippen molar-refractivity contribution in [3.8, 4) is 0 Å². The van der Waals surface area contributed by atoms with Crippen LogP contribution < -0.4 is 0 Å². The zero-order valence-corrected chi connectivity index (χ0v) is 7.11. The van der Waals surface area contributed by atoms with Crippen molar-refractivity contribution in [2.45, 2.75) is 39.7 Å². The zero-order chi connectivity index (χ0) is 7.56. The van der Waals surface area contributed by atoms with E-state index in [1.54, 1.807) is 5.57 Å². The van der Waals surface area contributed by atoms with Crippen molar-refractivity contribution in [1.29, 1.82) is 0 Å². The van der Waals surface area contributed by atoms with Crippen LogP contribution in [0.3, 0.4) is 0 Å². The van der Waals surface area contributed by atoms with Crippen molar-refractivity contribution in [2.24, 2.45) is 0 Å². The van der Waals surface area contributed by atoms with E-state index in [1.165, 1.54) is 12.0 Å². The predicted octanol–water partition coefficient (Wildman–Crippen LogP) is 2.52. The molecule has 0 saturated carbocycles. The maximum absolute atomic E-state index is 5.46. The van der Waals surface area contributed by atoms with E-state index >= 15 is 0 Å². The molecule has 0 bridgehead atoms. The van der Waals surface area contributed by atoms with E-state index < -0.39 is 0 Å². The van der Waals surface area contributed by atoms with Crippen LogP contribution >= 0.6 is 0 Å². The van der Waals surface area contributed by atoms with Crippen molar-refractivity contribution in [3.05, 3.63) is 11.1 Å². The van der Waals surface area contributed by atoms with Gasteiger partial charge in [0.1, 0.15) is 0 Å². The molecule has 0 saturated heterocycles. The Labute approximate surface area is 63.1 Å². The Kier molecular flexibility index (Phi) is 2.50. The Morgan fingerprint density at radius 2 is 2.30 bits per heavy atom. The molecule has 1 nitrogen and oxygen atoms in total. The molecular formula is C9H16O. The molecule has 0 aromatic heterocycles. The molecule has 1 aliphatic heterocycles. The van der Waals surface area contributed by atoms with Gasteiger partial charge in [0.05, 0.1) is 12.7 Å². The fraction of sp³-hybridized carbons (Fsp3) is 0.778. The van der Waals surface area contributed by atoms with Gasteiger partial charge in [0.15, 0.2) is 0 Å². The molecule has 1 heterocycles. The van der Waals surface area contributed by atoms with Crippen LogP contribution in [0.4, 0.5) is 0 Å². The number of hydrogen-bond acceptors (Lipinski definition) is 1. The van der Waals surface area contributed by atoms with E-state index in [4.69, 9.17) is 4.74 Å². The first kappa shape index (κ1) is 7.80. The monoisotopic (exact) mass is 140 g/mol. The Balaban J connectivity index is 2.72. The van der Waals surface area contributed by atoms with Crippen molar-refractivity contribution in [3.63, 3.8) is 0 Å². The SMILES string of the molecule is CCC1=C(C)C(C)OCC1. The van der Waals surface area contributed by atoms with Crippen molar-refractivity contribution >= 4 is 0 Å². The van der Waals surface area contributed by atoms with Crippen LogP contribution in [0.25, 0.3) is 0 Å². The Hall–Kier alpha value is -0.300. The second-order valence-electron chi connectivity index (χ2n) is 2.90. The van der Waals surface area contributed by atoms with Crippen LogP contribution in [0.1, 0.15) is 33.6 Å². The van der Waals surface area contributed by atoms with Gasteiger partial charge in [0.25, 0.3) is 0 Å². The molecule has 0 spiro atoms. The fourth-order valence-corrected chi connectivity index (χ4v) is 1.42. The van der Waals surface area contributed by atoms with Gasteiger partial charge in [-0.25, -0.2) is 0 Å². The molecule has 58 valence electrons. The minimum Gasteiger partial charge on any atom is -0.374 e. The number of rotatable bonds is 1. The summed E-state index contributed by atoms with van der Waals surface area (Å²) in [6.07, 6.45) is 2.70. The number of ether oxygens (including phenoxy) is 1. The minimum atomic E-state index is 0.365. The fourth-order valence-electron chi connectivity index (χ4n) is 1.42. The molecule has 1 atom stereocenters. The molecule has 1 heteroatoms. The Morgan fingerprint density at radius 1 is 1.60 bits per heavy atom. The molecule has 0 fully saturated rings. The first-order valence-corrected chi connectivity index (χ1v) is 4.05. The normalized spacial score (nSPS) is 27.3. The Morgan fingerprint density at radius 3 is 2.80 bits per heavy atom. The molecule has 1 unspecified atom stereocenters. The molecule has 0 aromatic carbocycles. The molecule has 0 aliphatic carbocycles. The highest BCUT2D eigenvalue weighted by molar-refractivity contribution is 5.17. The lowest BCUT2D eigenvalue weighted by Crippen LogP contribution is -2.18. The molecular weight excluding hydrogens is 124 g/mol. The largest absolute Gasteiger partial charge is 0.374 e. The van der Waals surface area contributed by atoms with E-state index in [1.807, 2.05) is 0 Å². The van der Waals surface area contributed by atoms with Gasteiger partial charge in [-0.3, -0.25) is 0 Å². The van der Waals surface area contributed by atoms with E-state index in [9.17, 15) is 0 Å². The van der Waals surface area contributed by atoms with Crippen LogP contribution in [-0.2, 0) is 4.74 Å². The molecule has 10 heavy (non-hydrogen) atoms. The summed E-state index contributed by atoms with van der Waals surface area (Å²) in [6, 6.07) is 0. The van der Waals surface area contributed by atoms with Crippen molar-refractivity contribution in [1.82, 2.24) is 0 Å². The minimum absolute atomic E-state index is 0.365. The molecule has 0 aromatic rings. The standard InChI is InChI=1S/C9H16O/c1-4-9-5-6-10-8(3)7(9)2/h8H,4-6H2,1-3H3. The maximum atomic E-state index is 5.46. The van der Waals surface area contributed by atoms with Gasteiger partial charge in [0.2, 0.25) is 0 Å². The van der Waals surface area contributed by atoms with Crippen LogP contribution in [0.15, 0.2) is 11.1 Å². The summed E-state index contributed by atoms with van der Waals surface area (Å²) in [6.45, 7) is 7.45. The molecule has 0 radical (unpaired) electrons. The summed E-state index contributed by atoms with van der Waals surface area (Å²) in [5, 5.41) is 0. The lowest BCUT2D eigenvalue weighted by Gasteiger charge is -2.23. The highest BCUT2D eigenvalue weighted by Gasteiger charge is 2.14. The van der Waals surface area contributed by atoms with Gasteiger partial charge >= 0.3 is 0 Å². The lowest BCUT2D eigenvalue weighted by molar-refractivity contribution is 0.0790. The van der Waals surface area contributed by atoms with Crippen LogP contribution in [0.5, 0.6) is 0 Å². The summed E-state index contributed by atoms with van der Waals surface area (Å²) in [4.78, 5) is 0. The molecule has 1 aliphatic rings. The summed E-state index contributed by atoms with van der Waals surface area (Å²) in [5.41, 5.74) is 3.05. The van der Waals surface area contributed by atoms with Crippen molar-refractivity contribution < 1.29 is 4.74 Å². The third kappa shape index (κ3) is 1.40. The molecule has 1 rings (SSSR count). The predicted molar refractivity (Wildman–Crippen MR) is 43.0 cm³/mol. The second kappa shape index (κ2) is 3.20. The zero-order valence-electron chi connectivity index (χ0n) is 7.11. The summed E-state index contributed by atoms with van der Waals surface area (Å²) in [5.74, 6) is 0. The second-order valence-corrected chi connectivity index (χ2v) is 2.90. The summed E-state index contributed by atoms with van der Waals surface area (Å²) in [7, 11) is 0. The number of hydrogen-bond donors (Lipinski definition) is 0. The van der Waals surface area contributed by atoms with Crippen molar-refractivity contribution in [2.75, 3.05) is 6.61 Å². The molecule has 0 N–H and O–H groups in total. The Bertz CT molecular complexity index is 147. The average molecular weight is 140 g/mol. The third-order valence-corrected chi connectivity index (χ3v) is 2.37. The van der Waals surface area contributed by atoms with Crippen LogP contribution in [0, 0.1) is 0 Å². The smallest absolute Gasteiger partial charge is 0.0756 e. The first-order valence-electron chi connectivity index (χ1n) is 4.05. The van der Waals surface area contributed by atoms with E-state index in [0.717, 1.165) is 13.0 Å². The van der Waals surface area contributed by atoms with Gasteiger partial charge in [-0.1, -0.05) is 12.5 Å². The molecule has 0 amide bonds. The van der Waals surface area contributed by atoms with E-state index in [2.05, 4.69) is 20.8 Å². The van der Waals surface area contributed by atoms with Crippen LogP contribution in [-0.4, -0.2) is 12.7 Å². The van der Waals surface area contributed by atoms with E-state index in [0.29, 0.717) is 6.10 Å².